The van der Waals surface area contributed by atoms with Crippen LogP contribution in [0.25, 0.3) is 0 Å². The molecule has 2 aliphatic heterocycles. The largest absolute Gasteiger partial charge is 0.489 e. The molecule has 1 amide bonds. The fourth-order valence-corrected chi connectivity index (χ4v) is 5.56. The number of carbonyl (C=O) groups is 1. The average molecular weight is 468 g/mol. The Morgan fingerprint density at radius 1 is 1.06 bits per heavy atom. The van der Waals surface area contributed by atoms with Gasteiger partial charge in [0.25, 0.3) is 0 Å². The zero-order valence-electron chi connectivity index (χ0n) is 19.0. The van der Waals surface area contributed by atoms with Crippen molar-refractivity contribution in [2.24, 2.45) is 0 Å². The highest BCUT2D eigenvalue weighted by Gasteiger charge is 2.38. The van der Waals surface area contributed by atoms with Crippen LogP contribution < -0.4 is 9.64 Å². The Balaban J connectivity index is 1.38. The van der Waals surface area contributed by atoms with E-state index < -0.39 is 0 Å². The molecule has 170 valence electrons. The minimum atomic E-state index is -0.262. The van der Waals surface area contributed by atoms with Crippen molar-refractivity contribution in [3.8, 4) is 11.8 Å². The van der Waals surface area contributed by atoms with E-state index >= 15 is 0 Å². The third-order valence-corrected chi connectivity index (χ3v) is 7.32. The molecule has 1 atom stereocenters. The monoisotopic (exact) mass is 467 g/mol. The Hall–Kier alpha value is -3.69. The minimum Gasteiger partial charge on any atom is -0.489 e. The van der Waals surface area contributed by atoms with Gasteiger partial charge in [-0.2, -0.15) is 5.26 Å². The second kappa shape index (κ2) is 9.66. The van der Waals surface area contributed by atoms with E-state index in [-0.39, 0.29) is 18.2 Å². The van der Waals surface area contributed by atoms with Gasteiger partial charge in [0, 0.05) is 18.0 Å². The van der Waals surface area contributed by atoms with Crippen molar-refractivity contribution < 1.29 is 9.53 Å². The molecule has 5 rings (SSSR count). The number of ether oxygens (including phenoxy) is 1. The van der Waals surface area contributed by atoms with Crippen LogP contribution in [0.5, 0.6) is 5.75 Å². The first-order valence-electron chi connectivity index (χ1n) is 11.3. The summed E-state index contributed by atoms with van der Waals surface area (Å²) in [4.78, 5) is 17.2. The van der Waals surface area contributed by atoms with Crippen LogP contribution >= 0.6 is 11.8 Å². The topological polar surface area (TPSA) is 56.6 Å². The number of amides is 1. The van der Waals surface area contributed by atoms with Crippen molar-refractivity contribution >= 4 is 23.4 Å². The summed E-state index contributed by atoms with van der Waals surface area (Å²) in [6, 6.07) is 28.5. The van der Waals surface area contributed by atoms with E-state index in [4.69, 9.17) is 4.74 Å². The number of nitriles is 1. The van der Waals surface area contributed by atoms with Crippen LogP contribution in [-0.2, 0) is 11.4 Å². The lowest BCUT2D eigenvalue weighted by molar-refractivity contribution is -0.129. The molecular weight excluding hydrogens is 442 g/mol. The number of benzene rings is 3. The van der Waals surface area contributed by atoms with Gasteiger partial charge < -0.3 is 9.64 Å². The number of thioether (sulfide) groups is 1. The second-order valence-electron chi connectivity index (χ2n) is 8.55. The van der Waals surface area contributed by atoms with Gasteiger partial charge in [-0.15, -0.1) is 0 Å². The first-order valence-corrected chi connectivity index (χ1v) is 12.3. The molecule has 3 aromatic rings. The summed E-state index contributed by atoms with van der Waals surface area (Å²) >= 11 is 1.56. The molecule has 5 nitrogen and oxygen atoms in total. The maximum atomic E-state index is 13.2. The normalized spacial score (nSPS) is 17.9. The lowest BCUT2D eigenvalue weighted by Crippen LogP contribution is -2.47. The fraction of sp³-hybridized carbons (Fsp3) is 0.214. The number of hydrogen-bond donors (Lipinski definition) is 0. The smallest absolute Gasteiger partial charge is 0.229 e. The fourth-order valence-electron chi connectivity index (χ4n) is 4.40. The summed E-state index contributed by atoms with van der Waals surface area (Å²) < 4.78 is 5.99. The summed E-state index contributed by atoms with van der Waals surface area (Å²) in [7, 11) is 0. The van der Waals surface area contributed by atoms with Crippen LogP contribution in [0.1, 0.15) is 29.0 Å². The Kier molecular flexibility index (Phi) is 6.29. The maximum absolute atomic E-state index is 13.2. The zero-order chi connectivity index (χ0) is 23.5. The summed E-state index contributed by atoms with van der Waals surface area (Å²) in [5.41, 5.74) is 4.95. The van der Waals surface area contributed by atoms with E-state index in [0.717, 1.165) is 27.6 Å². The van der Waals surface area contributed by atoms with Gasteiger partial charge in [-0.25, -0.2) is 0 Å². The van der Waals surface area contributed by atoms with Crippen LogP contribution in [0, 0.1) is 18.3 Å². The van der Waals surface area contributed by atoms with E-state index in [2.05, 4.69) is 36.1 Å². The molecule has 0 bridgehead atoms. The van der Waals surface area contributed by atoms with Crippen molar-refractivity contribution in [3.05, 3.63) is 106 Å². The number of rotatable bonds is 5. The molecule has 0 aromatic heterocycles. The second-order valence-corrected chi connectivity index (χ2v) is 9.48. The molecule has 0 unspecified atom stereocenters. The predicted molar refractivity (Wildman–Crippen MR) is 135 cm³/mol. The minimum absolute atomic E-state index is 0.0412. The van der Waals surface area contributed by atoms with E-state index in [1.54, 1.807) is 16.7 Å². The van der Waals surface area contributed by atoms with E-state index in [1.165, 1.54) is 5.56 Å². The molecule has 3 aromatic carbocycles. The third kappa shape index (κ3) is 4.52. The molecule has 0 spiro atoms. The van der Waals surface area contributed by atoms with Gasteiger partial charge in [0.15, 0.2) is 0 Å². The van der Waals surface area contributed by atoms with Crippen molar-refractivity contribution in [3.63, 3.8) is 0 Å². The SMILES string of the molecule is Cc1cccc(N2CSC3=C(C#N)[C@H](c4cccc(OCc5ccccc5)c4)CC(=O)N3C2)c1. The lowest BCUT2D eigenvalue weighted by Gasteiger charge is -2.42. The van der Waals surface area contributed by atoms with Crippen LogP contribution in [-0.4, -0.2) is 23.4 Å². The molecule has 0 saturated carbocycles. The first kappa shape index (κ1) is 22.1. The number of aryl methyl sites for hydroxylation is 1. The number of fused-ring (bicyclic) bond motifs is 1. The standard InChI is InChI=1S/C28H25N3O2S/c1-20-7-5-11-23(13-20)30-18-31-27(32)15-25(26(16-29)28(31)34-19-30)22-10-6-12-24(14-22)33-17-21-8-3-2-4-9-21/h2-14,25H,15,17-19H2,1H3/t25-/m0/s1. The molecular formula is C28H25N3O2S. The summed E-state index contributed by atoms with van der Waals surface area (Å²) in [5.74, 6) is 1.21. The molecule has 1 fully saturated rings. The predicted octanol–water partition coefficient (Wildman–Crippen LogP) is 5.79. The number of allylic oxidation sites excluding steroid dienone is 1. The summed E-state index contributed by atoms with van der Waals surface area (Å²) in [5, 5.41) is 10.9. The molecule has 1 saturated heterocycles. The van der Waals surface area contributed by atoms with Crippen molar-refractivity contribution in [1.29, 1.82) is 5.26 Å². The average Bonchev–Trinajstić information content (AvgIpc) is 2.88. The molecule has 2 aliphatic rings. The van der Waals surface area contributed by atoms with E-state index in [9.17, 15) is 10.1 Å². The van der Waals surface area contributed by atoms with Gasteiger partial charge in [-0.3, -0.25) is 9.69 Å². The number of carbonyl (C=O) groups excluding carboxylic acids is 1. The molecule has 34 heavy (non-hydrogen) atoms. The Bertz CT molecular complexity index is 1280. The maximum Gasteiger partial charge on any atom is 0.229 e. The number of hydrogen-bond acceptors (Lipinski definition) is 5. The molecule has 0 radical (unpaired) electrons. The third-order valence-electron chi connectivity index (χ3n) is 6.17. The number of anilines is 1. The lowest BCUT2D eigenvalue weighted by atomic mass is 9.86. The van der Waals surface area contributed by atoms with E-state index in [0.29, 0.717) is 24.7 Å². The van der Waals surface area contributed by atoms with Crippen molar-refractivity contribution in [2.45, 2.75) is 25.9 Å². The Labute approximate surface area is 204 Å². The van der Waals surface area contributed by atoms with Crippen molar-refractivity contribution in [1.82, 2.24) is 4.90 Å². The molecule has 6 heteroatoms. The van der Waals surface area contributed by atoms with E-state index in [1.807, 2.05) is 60.7 Å². The van der Waals surface area contributed by atoms with Gasteiger partial charge >= 0.3 is 0 Å². The Morgan fingerprint density at radius 3 is 2.68 bits per heavy atom. The van der Waals surface area contributed by atoms with Gasteiger partial charge in [0.1, 0.15) is 12.4 Å². The van der Waals surface area contributed by atoms with Gasteiger partial charge in [-0.05, 0) is 47.9 Å². The molecule has 0 N–H and O–H groups in total. The zero-order valence-corrected chi connectivity index (χ0v) is 19.8. The first-order chi connectivity index (χ1) is 16.6. The highest BCUT2D eigenvalue weighted by molar-refractivity contribution is 8.03. The van der Waals surface area contributed by atoms with Crippen LogP contribution in [0.4, 0.5) is 5.69 Å². The van der Waals surface area contributed by atoms with Crippen LogP contribution in [0.15, 0.2) is 89.5 Å². The highest BCUT2D eigenvalue weighted by Crippen LogP contribution is 2.43. The van der Waals surface area contributed by atoms with Crippen LogP contribution in [0.3, 0.4) is 0 Å². The van der Waals surface area contributed by atoms with Gasteiger partial charge in [0.05, 0.1) is 29.2 Å². The van der Waals surface area contributed by atoms with Gasteiger partial charge in [0.2, 0.25) is 5.91 Å². The Morgan fingerprint density at radius 2 is 1.88 bits per heavy atom. The molecule has 0 aliphatic carbocycles. The number of nitrogens with zero attached hydrogens (tertiary/aromatic N) is 3. The highest BCUT2D eigenvalue weighted by atomic mass is 32.2. The quantitative estimate of drug-likeness (QED) is 0.475. The van der Waals surface area contributed by atoms with Crippen LogP contribution in [0.2, 0.25) is 0 Å². The summed E-state index contributed by atoms with van der Waals surface area (Å²) in [6.45, 7) is 3.00. The van der Waals surface area contributed by atoms with Gasteiger partial charge in [-0.1, -0.05) is 66.4 Å². The summed E-state index contributed by atoms with van der Waals surface area (Å²) in [6.07, 6.45) is 0.275. The molecule has 2 heterocycles. The van der Waals surface area contributed by atoms with Crippen molar-refractivity contribution in [2.75, 3.05) is 17.4 Å².